The topological polar surface area (TPSA) is 59.3 Å². The Hall–Kier alpha value is -1.58. The number of hydrogen-bond acceptors (Lipinski definition) is 2. The molecule has 74 valence electrons. The lowest BCUT2D eigenvalue weighted by Crippen LogP contribution is -2.26. The van der Waals surface area contributed by atoms with Crippen molar-refractivity contribution in [3.05, 3.63) is 33.2 Å². The molecule has 1 heterocycles. The summed E-state index contributed by atoms with van der Waals surface area (Å²) in [5, 5.41) is 8.81. The van der Waals surface area contributed by atoms with Crippen molar-refractivity contribution in [1.82, 2.24) is 4.57 Å². The van der Waals surface area contributed by atoms with Gasteiger partial charge in [0.05, 0.1) is 0 Å². The van der Waals surface area contributed by atoms with Crippen molar-refractivity contribution in [2.45, 2.75) is 19.3 Å². The van der Waals surface area contributed by atoms with Crippen molar-refractivity contribution in [1.29, 1.82) is 0 Å². The largest absolute Gasteiger partial charge is 0.477 e. The molecule has 0 amide bonds. The molecule has 0 radical (unpaired) electrons. The monoisotopic (exact) mass is 193 g/mol. The highest BCUT2D eigenvalue weighted by molar-refractivity contribution is 5.87. The minimum absolute atomic E-state index is 0.117. The molecular weight excluding hydrogens is 182 g/mol. The zero-order valence-corrected chi connectivity index (χ0v) is 7.91. The number of hydrogen-bond donors (Lipinski definition) is 1. The van der Waals surface area contributed by atoms with E-state index in [1.807, 2.05) is 0 Å². The second-order valence-electron chi connectivity index (χ2n) is 3.55. The Morgan fingerprint density at radius 2 is 2.21 bits per heavy atom. The van der Waals surface area contributed by atoms with Crippen LogP contribution in [-0.2, 0) is 19.9 Å². The standard InChI is InChI=1S/C10H11NO3/c1-11-8-4-2-3-6(8)5-7(9(11)12)10(13)14/h5H,2-4H2,1H3,(H,13,14). The van der Waals surface area contributed by atoms with Gasteiger partial charge in [0.2, 0.25) is 0 Å². The first-order valence-corrected chi connectivity index (χ1v) is 4.56. The predicted molar refractivity (Wildman–Crippen MR) is 50.7 cm³/mol. The van der Waals surface area contributed by atoms with Crippen molar-refractivity contribution >= 4 is 5.97 Å². The van der Waals surface area contributed by atoms with E-state index >= 15 is 0 Å². The first-order chi connectivity index (χ1) is 6.61. The predicted octanol–water partition coefficient (Wildman–Crippen LogP) is 0.572. The molecule has 0 saturated carbocycles. The summed E-state index contributed by atoms with van der Waals surface area (Å²) in [6.45, 7) is 0. The molecule has 2 rings (SSSR count). The summed E-state index contributed by atoms with van der Waals surface area (Å²) in [6.07, 6.45) is 2.76. The van der Waals surface area contributed by atoms with Crippen molar-refractivity contribution in [3.8, 4) is 0 Å². The van der Waals surface area contributed by atoms with Crippen LogP contribution in [0.25, 0.3) is 0 Å². The number of pyridine rings is 1. The molecule has 0 aromatic carbocycles. The second kappa shape index (κ2) is 2.97. The van der Waals surface area contributed by atoms with Gasteiger partial charge in [0.15, 0.2) is 0 Å². The summed E-state index contributed by atoms with van der Waals surface area (Å²) >= 11 is 0. The van der Waals surface area contributed by atoms with Crippen LogP contribution in [-0.4, -0.2) is 15.6 Å². The van der Waals surface area contributed by atoms with Gasteiger partial charge in [-0.3, -0.25) is 4.79 Å². The minimum atomic E-state index is -1.14. The molecular formula is C10H11NO3. The Kier molecular flexibility index (Phi) is 1.91. The summed E-state index contributed by atoms with van der Waals surface area (Å²) in [6, 6.07) is 1.52. The molecule has 0 saturated heterocycles. The average Bonchev–Trinajstić information content (AvgIpc) is 2.58. The average molecular weight is 193 g/mol. The van der Waals surface area contributed by atoms with Crippen LogP contribution in [0.5, 0.6) is 0 Å². The highest BCUT2D eigenvalue weighted by Gasteiger charge is 2.19. The Morgan fingerprint density at radius 1 is 1.50 bits per heavy atom. The van der Waals surface area contributed by atoms with E-state index in [0.29, 0.717) is 0 Å². The molecule has 1 aromatic heterocycles. The molecule has 0 atom stereocenters. The van der Waals surface area contributed by atoms with Crippen molar-refractivity contribution < 1.29 is 9.90 Å². The van der Waals surface area contributed by atoms with Crippen LogP contribution in [0.4, 0.5) is 0 Å². The maximum Gasteiger partial charge on any atom is 0.341 e. The zero-order valence-electron chi connectivity index (χ0n) is 7.91. The third kappa shape index (κ3) is 1.14. The third-order valence-corrected chi connectivity index (χ3v) is 2.72. The summed E-state index contributed by atoms with van der Waals surface area (Å²) < 4.78 is 1.46. The molecule has 0 fully saturated rings. The quantitative estimate of drug-likeness (QED) is 0.709. The summed E-state index contributed by atoms with van der Waals surface area (Å²) in [5.74, 6) is -1.14. The van der Waals surface area contributed by atoms with Gasteiger partial charge < -0.3 is 9.67 Å². The highest BCUT2D eigenvalue weighted by atomic mass is 16.4. The van der Waals surface area contributed by atoms with Crippen LogP contribution in [0, 0.1) is 0 Å². The van der Waals surface area contributed by atoms with Crippen LogP contribution in [0.2, 0.25) is 0 Å². The number of rotatable bonds is 1. The van der Waals surface area contributed by atoms with Gasteiger partial charge in [-0.1, -0.05) is 0 Å². The van der Waals surface area contributed by atoms with Crippen LogP contribution >= 0.6 is 0 Å². The van der Waals surface area contributed by atoms with Gasteiger partial charge in [-0.15, -0.1) is 0 Å². The Labute approximate surface area is 80.8 Å². The SMILES string of the molecule is Cn1c2c(cc(C(=O)O)c1=O)CCC2. The Morgan fingerprint density at radius 3 is 2.86 bits per heavy atom. The number of nitrogens with zero attached hydrogens (tertiary/aromatic N) is 1. The van der Waals surface area contributed by atoms with Crippen molar-refractivity contribution in [2.75, 3.05) is 0 Å². The first kappa shape index (κ1) is 8.99. The number of aryl methyl sites for hydroxylation is 1. The fraction of sp³-hybridized carbons (Fsp3) is 0.400. The number of carboxylic acid groups (broad SMARTS) is 1. The summed E-state index contributed by atoms with van der Waals surface area (Å²) in [5.41, 5.74) is 1.47. The molecule has 1 aliphatic carbocycles. The number of aromatic carboxylic acids is 1. The molecule has 0 bridgehead atoms. The maximum atomic E-state index is 11.6. The van der Waals surface area contributed by atoms with E-state index in [0.717, 1.165) is 30.5 Å². The highest BCUT2D eigenvalue weighted by Crippen LogP contribution is 2.20. The lowest BCUT2D eigenvalue weighted by atomic mass is 10.1. The smallest absolute Gasteiger partial charge is 0.341 e. The Balaban J connectivity index is 2.73. The Bertz CT molecular complexity index is 459. The number of aromatic nitrogens is 1. The third-order valence-electron chi connectivity index (χ3n) is 2.72. The van der Waals surface area contributed by atoms with Crippen molar-refractivity contribution in [3.63, 3.8) is 0 Å². The van der Waals surface area contributed by atoms with Gasteiger partial charge in [-0.05, 0) is 30.9 Å². The summed E-state index contributed by atoms with van der Waals surface area (Å²) in [7, 11) is 1.64. The zero-order chi connectivity index (χ0) is 10.3. The van der Waals surface area contributed by atoms with E-state index in [1.54, 1.807) is 7.05 Å². The fourth-order valence-electron chi connectivity index (χ4n) is 1.98. The normalized spacial score (nSPS) is 14.1. The molecule has 0 unspecified atom stereocenters. The van der Waals surface area contributed by atoms with E-state index in [9.17, 15) is 9.59 Å². The maximum absolute atomic E-state index is 11.6. The lowest BCUT2D eigenvalue weighted by Gasteiger charge is -2.07. The lowest BCUT2D eigenvalue weighted by molar-refractivity contribution is 0.0694. The van der Waals surface area contributed by atoms with Crippen molar-refractivity contribution in [2.24, 2.45) is 7.05 Å². The molecule has 4 heteroatoms. The summed E-state index contributed by atoms with van der Waals surface area (Å²) in [4.78, 5) is 22.3. The van der Waals surface area contributed by atoms with Gasteiger partial charge in [0, 0.05) is 12.7 Å². The van der Waals surface area contributed by atoms with Gasteiger partial charge in [0.25, 0.3) is 5.56 Å². The minimum Gasteiger partial charge on any atom is -0.477 e. The molecule has 1 aromatic rings. The number of carbonyl (C=O) groups is 1. The van der Waals surface area contributed by atoms with Gasteiger partial charge in [0.1, 0.15) is 5.56 Å². The van der Waals surface area contributed by atoms with E-state index in [4.69, 9.17) is 5.11 Å². The number of fused-ring (bicyclic) bond motifs is 1. The molecule has 4 nitrogen and oxygen atoms in total. The molecule has 14 heavy (non-hydrogen) atoms. The second-order valence-corrected chi connectivity index (χ2v) is 3.55. The van der Waals surface area contributed by atoms with E-state index in [-0.39, 0.29) is 5.56 Å². The molecule has 0 spiro atoms. The van der Waals surface area contributed by atoms with Crippen LogP contribution in [0.3, 0.4) is 0 Å². The van der Waals surface area contributed by atoms with Crippen LogP contribution in [0.15, 0.2) is 10.9 Å². The molecule has 1 aliphatic rings. The van der Waals surface area contributed by atoms with E-state index < -0.39 is 11.5 Å². The van der Waals surface area contributed by atoms with Crippen LogP contribution in [0.1, 0.15) is 28.0 Å². The first-order valence-electron chi connectivity index (χ1n) is 4.56. The van der Waals surface area contributed by atoms with Crippen LogP contribution < -0.4 is 5.56 Å². The van der Waals surface area contributed by atoms with E-state index in [2.05, 4.69) is 0 Å². The fourth-order valence-corrected chi connectivity index (χ4v) is 1.98. The molecule has 1 N–H and O–H groups in total. The van der Waals surface area contributed by atoms with Gasteiger partial charge >= 0.3 is 5.97 Å². The molecule has 0 aliphatic heterocycles. The van der Waals surface area contributed by atoms with E-state index in [1.165, 1.54) is 10.6 Å². The van der Waals surface area contributed by atoms with Gasteiger partial charge in [-0.2, -0.15) is 0 Å². The number of carboxylic acids is 1. The van der Waals surface area contributed by atoms with Gasteiger partial charge in [-0.25, -0.2) is 4.79 Å².